The van der Waals surface area contributed by atoms with E-state index in [4.69, 9.17) is 24.8 Å². The highest BCUT2D eigenvalue weighted by atomic mass is 35.5. The minimum Gasteiger partial charge on any atom is -1.00 e. The summed E-state index contributed by atoms with van der Waals surface area (Å²) in [6.45, 7) is 4.82. The lowest BCUT2D eigenvalue weighted by Crippen LogP contribution is -3.00. The van der Waals surface area contributed by atoms with Gasteiger partial charge in [-0.05, 0) is 12.1 Å². The lowest BCUT2D eigenvalue weighted by atomic mass is 10.1. The van der Waals surface area contributed by atoms with Crippen molar-refractivity contribution in [1.82, 2.24) is 0 Å². The van der Waals surface area contributed by atoms with Crippen LogP contribution in [0.2, 0.25) is 0 Å². The van der Waals surface area contributed by atoms with Gasteiger partial charge in [-0.3, -0.25) is 0 Å². The lowest BCUT2D eigenvalue weighted by molar-refractivity contribution is -0.672. The van der Waals surface area contributed by atoms with Crippen LogP contribution in [0.5, 0.6) is 0 Å². The minimum absolute atomic E-state index is 0. The molecule has 0 heterocycles. The zero-order valence-electron chi connectivity index (χ0n) is 19.2. The summed E-state index contributed by atoms with van der Waals surface area (Å²) in [5.41, 5.74) is 2.28. The van der Waals surface area contributed by atoms with E-state index in [9.17, 15) is 9.59 Å². The van der Waals surface area contributed by atoms with Gasteiger partial charge in [0.1, 0.15) is 13.1 Å². The van der Waals surface area contributed by atoms with Gasteiger partial charge in [-0.2, -0.15) is 0 Å². The first-order valence-corrected chi connectivity index (χ1v) is 10.5. The second kappa shape index (κ2) is 21.3. The summed E-state index contributed by atoms with van der Waals surface area (Å²) >= 11 is 0. The molecule has 2 aromatic rings. The van der Waals surface area contributed by atoms with Gasteiger partial charge in [0.05, 0.1) is 50.6 Å². The monoisotopic (exact) mass is 520 g/mol. The number of ether oxygens (including phenoxy) is 2. The maximum absolute atomic E-state index is 11.2. The van der Waals surface area contributed by atoms with E-state index in [1.165, 1.54) is 0 Å². The topological polar surface area (TPSA) is 147 Å². The van der Waals surface area contributed by atoms with Crippen molar-refractivity contribution in [2.24, 2.45) is 0 Å². The molecule has 2 aromatic carbocycles. The molecule has 0 saturated carbocycles. The second-order valence-electron chi connectivity index (χ2n) is 6.71. The van der Waals surface area contributed by atoms with Crippen LogP contribution in [0.15, 0.2) is 48.5 Å². The van der Waals surface area contributed by atoms with E-state index in [0.29, 0.717) is 50.6 Å². The number of carboxylic acids is 2. The van der Waals surface area contributed by atoms with Crippen molar-refractivity contribution in [2.45, 2.75) is 13.1 Å². The highest BCUT2D eigenvalue weighted by molar-refractivity contribution is 5.89. The fourth-order valence-corrected chi connectivity index (χ4v) is 2.98. The van der Waals surface area contributed by atoms with Crippen molar-refractivity contribution in [3.63, 3.8) is 0 Å². The van der Waals surface area contributed by atoms with E-state index in [1.54, 1.807) is 24.3 Å². The molecule has 0 unspecified atom stereocenters. The number of aromatic carboxylic acids is 2. The summed E-state index contributed by atoms with van der Waals surface area (Å²) in [6.07, 6.45) is 0. The van der Waals surface area contributed by atoms with Gasteiger partial charge in [0.25, 0.3) is 0 Å². The molecule has 9 nitrogen and oxygen atoms in total. The van der Waals surface area contributed by atoms with Crippen molar-refractivity contribution in [3.8, 4) is 0 Å². The third-order valence-corrected chi connectivity index (χ3v) is 4.53. The van der Waals surface area contributed by atoms with Gasteiger partial charge in [-0.25, -0.2) is 9.59 Å². The van der Waals surface area contributed by atoms with Gasteiger partial charge in [0.2, 0.25) is 0 Å². The van der Waals surface area contributed by atoms with Gasteiger partial charge in [0.15, 0.2) is 0 Å². The van der Waals surface area contributed by atoms with Crippen molar-refractivity contribution >= 4 is 11.9 Å². The molecule has 0 atom stereocenters. The number of nitrogens with two attached hydrogens (primary N) is 2. The molecule has 34 heavy (non-hydrogen) atoms. The molecule has 0 aromatic heterocycles. The Morgan fingerprint density at radius 3 is 1.38 bits per heavy atom. The Hall–Kier alpha value is -2.24. The van der Waals surface area contributed by atoms with E-state index < -0.39 is 11.9 Å². The smallest absolute Gasteiger partial charge is 0.336 e. The fraction of sp³-hybridized carbons (Fsp3) is 0.391. The number of hydrogen-bond acceptors (Lipinski definition) is 5. The van der Waals surface area contributed by atoms with Gasteiger partial charge in [-0.15, -0.1) is 0 Å². The standard InChI is InChI=1S/C22H28N2O6.CH4O.2ClH/c25-21(26)19-7-3-1-5-17(19)15-23-9-11-29-13-14-30-12-10-24-16-18-6-2-4-8-20(18)22(27)28;1-2;;/h1-8,23-24H,9-16H2,(H,25,26)(H,27,28);2H,1H3;2*1H. The molecule has 0 aliphatic carbocycles. The number of aliphatic hydroxyl groups excluding tert-OH is 1. The predicted molar refractivity (Wildman–Crippen MR) is 118 cm³/mol. The third-order valence-electron chi connectivity index (χ3n) is 4.53. The third kappa shape index (κ3) is 13.5. The Balaban J connectivity index is 0. The van der Waals surface area contributed by atoms with Gasteiger partial charge in [0, 0.05) is 18.2 Å². The lowest BCUT2D eigenvalue weighted by Gasteiger charge is -2.07. The molecule has 0 fully saturated rings. The molecule has 0 aliphatic heterocycles. The van der Waals surface area contributed by atoms with Crippen LogP contribution >= 0.6 is 0 Å². The molecule has 0 spiro atoms. The number of aliphatic hydroxyl groups is 1. The average Bonchev–Trinajstić information content (AvgIpc) is 2.81. The zero-order chi connectivity index (χ0) is 23.6. The summed E-state index contributed by atoms with van der Waals surface area (Å²) in [7, 11) is 1.00. The normalized spacial score (nSPS) is 9.71. The molecule has 0 saturated heterocycles. The predicted octanol–water partition coefficient (Wildman–Crippen LogP) is -6.44. The maximum Gasteiger partial charge on any atom is 0.336 e. The van der Waals surface area contributed by atoms with E-state index in [1.807, 2.05) is 34.9 Å². The van der Waals surface area contributed by atoms with Crippen LogP contribution in [0, 0.1) is 0 Å². The molecule has 2 rings (SSSR count). The van der Waals surface area contributed by atoms with Crippen molar-refractivity contribution in [1.29, 1.82) is 0 Å². The molecular weight excluding hydrogens is 487 g/mol. The highest BCUT2D eigenvalue weighted by Crippen LogP contribution is 2.07. The SMILES string of the molecule is CO.O=C(O)c1ccccc1C[NH2+]CCOCCOCC[NH2+]Cc1ccccc1C(=O)O.[Cl-].[Cl-]. The number of hydrogen-bond donors (Lipinski definition) is 5. The molecular formula is C23H34Cl2N2O7. The summed E-state index contributed by atoms with van der Waals surface area (Å²) in [5.74, 6) is -1.81. The Labute approximate surface area is 212 Å². The largest absolute Gasteiger partial charge is 1.00 e. The molecule has 0 aliphatic rings. The van der Waals surface area contributed by atoms with Crippen molar-refractivity contribution in [3.05, 3.63) is 70.8 Å². The number of carboxylic acid groups (broad SMARTS) is 2. The number of benzene rings is 2. The van der Waals surface area contributed by atoms with Gasteiger partial charge < -0.3 is 60.2 Å². The number of carbonyl (C=O) groups is 2. The van der Waals surface area contributed by atoms with Crippen LogP contribution < -0.4 is 35.4 Å². The first-order valence-electron chi connectivity index (χ1n) is 10.5. The summed E-state index contributed by atoms with van der Waals surface area (Å²) in [4.78, 5) is 22.3. The van der Waals surface area contributed by atoms with Crippen LogP contribution in [0.25, 0.3) is 0 Å². The Morgan fingerprint density at radius 2 is 1.03 bits per heavy atom. The van der Waals surface area contributed by atoms with Crippen LogP contribution in [0.4, 0.5) is 0 Å². The maximum atomic E-state index is 11.2. The van der Waals surface area contributed by atoms with Crippen LogP contribution in [0.3, 0.4) is 0 Å². The van der Waals surface area contributed by atoms with E-state index in [0.717, 1.165) is 31.3 Å². The molecule has 0 radical (unpaired) electrons. The van der Waals surface area contributed by atoms with Crippen molar-refractivity contribution in [2.75, 3.05) is 46.6 Å². The molecule has 192 valence electrons. The molecule has 0 amide bonds. The average molecular weight is 521 g/mol. The number of rotatable bonds is 15. The molecule has 11 heteroatoms. The Morgan fingerprint density at radius 1 is 0.676 bits per heavy atom. The first-order chi connectivity index (χ1) is 15.6. The Kier molecular flexibility index (Phi) is 21.3. The Bertz CT molecular complexity index is 758. The number of halogens is 2. The van der Waals surface area contributed by atoms with Crippen LogP contribution in [-0.2, 0) is 22.6 Å². The van der Waals surface area contributed by atoms with E-state index in [-0.39, 0.29) is 24.8 Å². The summed E-state index contributed by atoms with van der Waals surface area (Å²) in [5, 5.41) is 29.4. The summed E-state index contributed by atoms with van der Waals surface area (Å²) < 4.78 is 11.0. The second-order valence-corrected chi connectivity index (χ2v) is 6.71. The van der Waals surface area contributed by atoms with E-state index >= 15 is 0 Å². The first kappa shape index (κ1) is 33.9. The number of quaternary nitrogens is 2. The zero-order valence-corrected chi connectivity index (χ0v) is 20.7. The summed E-state index contributed by atoms with van der Waals surface area (Å²) in [6, 6.07) is 14.0. The minimum atomic E-state index is -0.907. The van der Waals surface area contributed by atoms with Crippen LogP contribution in [-0.4, -0.2) is 73.9 Å². The molecule has 0 bridgehead atoms. The quantitative estimate of drug-likeness (QED) is 0.147. The highest BCUT2D eigenvalue weighted by Gasteiger charge is 2.10. The van der Waals surface area contributed by atoms with Gasteiger partial charge >= 0.3 is 11.9 Å². The molecule has 7 N–H and O–H groups in total. The van der Waals surface area contributed by atoms with Crippen molar-refractivity contribution < 1.29 is 69.8 Å². The van der Waals surface area contributed by atoms with Crippen LogP contribution in [0.1, 0.15) is 31.8 Å². The fourth-order valence-electron chi connectivity index (χ4n) is 2.98. The van der Waals surface area contributed by atoms with E-state index in [2.05, 4.69) is 0 Å². The van der Waals surface area contributed by atoms with Gasteiger partial charge in [-0.1, -0.05) is 36.4 Å².